The fourth-order valence-electron chi connectivity index (χ4n) is 5.50. The molecule has 0 unspecified atom stereocenters. The third kappa shape index (κ3) is 6.70. The van der Waals surface area contributed by atoms with Gasteiger partial charge in [-0.1, -0.05) is 76.4 Å². The van der Waals surface area contributed by atoms with Gasteiger partial charge in [0.1, 0.15) is 29.6 Å². The summed E-state index contributed by atoms with van der Waals surface area (Å²) >= 11 is 19.7. The molecule has 0 bridgehead atoms. The number of hydrogen-bond acceptors (Lipinski definition) is 6. The number of hydrogen-bond donors (Lipinski definition) is 0. The van der Waals surface area contributed by atoms with E-state index in [4.69, 9.17) is 44.1 Å². The van der Waals surface area contributed by atoms with E-state index in [2.05, 4.69) is 5.16 Å². The molecule has 230 valence electrons. The highest BCUT2D eigenvalue weighted by Gasteiger charge is 2.40. The van der Waals surface area contributed by atoms with E-state index in [1.807, 2.05) is 42.5 Å². The van der Waals surface area contributed by atoms with Gasteiger partial charge in [0.15, 0.2) is 5.78 Å². The van der Waals surface area contributed by atoms with Crippen molar-refractivity contribution in [1.29, 1.82) is 0 Å². The molecular formula is C33H31Cl3N2O5S. The Morgan fingerprint density at radius 3 is 2.32 bits per heavy atom. The van der Waals surface area contributed by atoms with Crippen LogP contribution in [0.15, 0.2) is 65.2 Å². The van der Waals surface area contributed by atoms with Crippen LogP contribution in [0.1, 0.15) is 65.0 Å². The first kappa shape index (κ1) is 31.1. The van der Waals surface area contributed by atoms with Crippen molar-refractivity contribution < 1.29 is 22.5 Å². The van der Waals surface area contributed by atoms with Crippen LogP contribution in [0, 0.1) is 0 Å². The summed E-state index contributed by atoms with van der Waals surface area (Å²) in [5.41, 5.74) is 5.09. The van der Waals surface area contributed by atoms with Crippen LogP contribution in [0.3, 0.4) is 0 Å². The topological polar surface area (TPSA) is 89.7 Å². The molecule has 1 aromatic heterocycles. The number of ketones is 1. The second-order valence-electron chi connectivity index (χ2n) is 11.7. The summed E-state index contributed by atoms with van der Waals surface area (Å²) in [6.45, 7) is 0.240. The van der Waals surface area contributed by atoms with Crippen LogP contribution in [0.4, 0.5) is 0 Å². The molecule has 2 atom stereocenters. The van der Waals surface area contributed by atoms with Gasteiger partial charge in [-0.15, -0.1) is 0 Å². The molecule has 0 saturated heterocycles. The van der Waals surface area contributed by atoms with Crippen molar-refractivity contribution in [2.45, 2.75) is 50.0 Å². The van der Waals surface area contributed by atoms with E-state index >= 15 is 0 Å². The van der Waals surface area contributed by atoms with Gasteiger partial charge in [0.2, 0.25) is 10.0 Å². The molecule has 2 fully saturated rings. The number of ether oxygens (including phenoxy) is 1. The summed E-state index contributed by atoms with van der Waals surface area (Å²) in [6, 6.07) is 19.0. The Balaban J connectivity index is 1.10. The average Bonchev–Trinajstić information content (AvgIpc) is 3.90. The van der Waals surface area contributed by atoms with Crippen molar-refractivity contribution in [2.24, 2.45) is 0 Å². The Hall–Kier alpha value is -2.88. The van der Waals surface area contributed by atoms with E-state index < -0.39 is 15.8 Å². The molecule has 2 aliphatic carbocycles. The summed E-state index contributed by atoms with van der Waals surface area (Å²) in [4.78, 5) is 12.3. The highest BCUT2D eigenvalue weighted by atomic mass is 35.5. The zero-order valence-electron chi connectivity index (χ0n) is 24.2. The molecule has 44 heavy (non-hydrogen) atoms. The quantitative estimate of drug-likeness (QED) is 0.151. The molecule has 11 heteroatoms. The lowest BCUT2D eigenvalue weighted by molar-refractivity contribution is -0.116. The third-order valence-corrected chi connectivity index (χ3v) is 11.0. The van der Waals surface area contributed by atoms with E-state index in [0.717, 1.165) is 51.6 Å². The molecule has 0 amide bonds. The van der Waals surface area contributed by atoms with Gasteiger partial charge in [-0.3, -0.25) is 4.79 Å². The monoisotopic (exact) mass is 672 g/mol. The zero-order valence-corrected chi connectivity index (χ0v) is 27.3. The number of aromatic nitrogens is 1. The smallest absolute Gasteiger partial charge is 0.220 e. The van der Waals surface area contributed by atoms with E-state index in [1.54, 1.807) is 18.2 Å². The molecule has 2 saturated carbocycles. The number of nitrogens with zero attached hydrogens (tertiary/aromatic N) is 2. The number of halogens is 3. The number of carbonyl (C=O) groups is 1. The highest BCUT2D eigenvalue weighted by molar-refractivity contribution is 7.89. The largest absolute Gasteiger partial charge is 0.489 e. The van der Waals surface area contributed by atoms with Crippen LogP contribution in [0.5, 0.6) is 5.75 Å². The molecule has 6 rings (SSSR count). The van der Waals surface area contributed by atoms with Gasteiger partial charge in [0.05, 0.1) is 15.6 Å². The maximum Gasteiger partial charge on any atom is 0.220 e. The predicted octanol–water partition coefficient (Wildman–Crippen LogP) is 8.03. The minimum absolute atomic E-state index is 0.0820. The molecule has 0 spiro atoms. The Morgan fingerprint density at radius 1 is 0.977 bits per heavy atom. The third-order valence-electron chi connectivity index (χ3n) is 8.22. The Kier molecular flexibility index (Phi) is 8.83. The summed E-state index contributed by atoms with van der Waals surface area (Å²) < 4.78 is 37.0. The van der Waals surface area contributed by atoms with Crippen molar-refractivity contribution >= 4 is 50.6 Å². The van der Waals surface area contributed by atoms with Gasteiger partial charge in [-0.2, -0.15) is 0 Å². The summed E-state index contributed by atoms with van der Waals surface area (Å²) in [5.74, 6) is 1.54. The number of rotatable bonds is 12. The predicted molar refractivity (Wildman–Crippen MR) is 172 cm³/mol. The number of carbonyl (C=O) groups excluding carboxylic acids is 1. The van der Waals surface area contributed by atoms with E-state index in [9.17, 15) is 13.2 Å². The normalized spacial score (nSPS) is 18.0. The summed E-state index contributed by atoms with van der Waals surface area (Å²) in [7, 11) is -0.713. The lowest BCUT2D eigenvalue weighted by Gasteiger charge is -2.11. The van der Waals surface area contributed by atoms with Crippen LogP contribution < -0.4 is 4.74 Å². The molecule has 1 heterocycles. The molecular weight excluding hydrogens is 643 g/mol. The second kappa shape index (κ2) is 12.5. The Bertz CT molecular complexity index is 1800. The lowest BCUT2D eigenvalue weighted by atomic mass is 10.0. The van der Waals surface area contributed by atoms with E-state index in [1.165, 1.54) is 14.1 Å². The van der Waals surface area contributed by atoms with Crippen LogP contribution in [-0.2, 0) is 27.8 Å². The summed E-state index contributed by atoms with van der Waals surface area (Å²) in [5, 5.41) is 5.97. The van der Waals surface area contributed by atoms with Crippen molar-refractivity contribution in [3.8, 4) is 17.0 Å². The first-order chi connectivity index (χ1) is 21.0. The van der Waals surface area contributed by atoms with Crippen LogP contribution in [-0.4, -0.2) is 43.5 Å². The van der Waals surface area contributed by atoms with E-state index in [0.29, 0.717) is 43.9 Å². The molecule has 2 aliphatic rings. The van der Waals surface area contributed by atoms with Gasteiger partial charge in [0, 0.05) is 37.0 Å². The second-order valence-corrected chi connectivity index (χ2v) is 15.1. The van der Waals surface area contributed by atoms with Crippen LogP contribution >= 0.6 is 34.8 Å². The van der Waals surface area contributed by atoms with Gasteiger partial charge < -0.3 is 9.26 Å². The first-order valence-corrected chi connectivity index (χ1v) is 17.1. The lowest BCUT2D eigenvalue weighted by Crippen LogP contribution is -2.29. The average molecular weight is 674 g/mol. The molecule has 4 aromatic rings. The van der Waals surface area contributed by atoms with Gasteiger partial charge in [0.25, 0.3) is 0 Å². The molecule has 0 aliphatic heterocycles. The van der Waals surface area contributed by atoms with Crippen LogP contribution in [0.25, 0.3) is 11.3 Å². The first-order valence-electron chi connectivity index (χ1n) is 14.4. The number of sulfonamides is 1. The van der Waals surface area contributed by atoms with Crippen molar-refractivity contribution in [2.75, 3.05) is 19.8 Å². The molecule has 3 aromatic carbocycles. The number of Topliss-reactive ketones (excluding diaryl/α,β-unsaturated/α-hetero) is 1. The minimum Gasteiger partial charge on any atom is -0.489 e. The highest BCUT2D eigenvalue weighted by Crippen LogP contribution is 2.56. The molecule has 0 radical (unpaired) electrons. The fourth-order valence-corrected chi connectivity index (χ4v) is 7.16. The summed E-state index contributed by atoms with van der Waals surface area (Å²) in [6.07, 6.45) is 3.14. The van der Waals surface area contributed by atoms with Crippen molar-refractivity contribution in [3.05, 3.63) is 104 Å². The molecule has 7 nitrogen and oxygen atoms in total. The Labute approximate surface area is 272 Å². The van der Waals surface area contributed by atoms with Gasteiger partial charge in [-0.25, -0.2) is 12.7 Å². The minimum atomic E-state index is -3.56. The number of benzene rings is 3. The standard InChI is InChI=1S/C33H31Cl3N2O5S/c1-38(2)44(40,41)18-22(39)14-19-6-8-20(9-7-19)25-16-26(25)24-13-12-23(15-30(24)36)42-17-27-32(37-43-33(27)21-10-11-21)31-28(34)4-3-5-29(31)35/h3-9,12-13,15,21,25-26H,10-11,14,16-18H2,1-2H3/t25-,26-/m0/s1. The van der Waals surface area contributed by atoms with E-state index in [-0.39, 0.29) is 24.7 Å². The van der Waals surface area contributed by atoms with Crippen molar-refractivity contribution in [1.82, 2.24) is 9.46 Å². The van der Waals surface area contributed by atoms with Crippen molar-refractivity contribution in [3.63, 3.8) is 0 Å². The van der Waals surface area contributed by atoms with Crippen LogP contribution in [0.2, 0.25) is 15.1 Å². The maximum absolute atomic E-state index is 12.3. The fraction of sp³-hybridized carbons (Fsp3) is 0.333. The zero-order chi connectivity index (χ0) is 31.2. The SMILES string of the molecule is CN(C)S(=O)(=O)CC(=O)Cc1ccc([C@@H]2C[C@H]2c2ccc(OCc3c(-c4c(Cl)cccc4Cl)noc3C3CC3)cc2Cl)cc1. The molecule has 0 N–H and O–H groups in total. The van der Waals surface area contributed by atoms with Gasteiger partial charge in [-0.05, 0) is 72.1 Å². The maximum atomic E-state index is 12.3. The Morgan fingerprint density at radius 2 is 1.68 bits per heavy atom. The van der Waals surface area contributed by atoms with Gasteiger partial charge >= 0.3 is 0 Å².